The lowest BCUT2D eigenvalue weighted by Gasteiger charge is -2.10. The van der Waals surface area contributed by atoms with E-state index >= 15 is 0 Å². The normalized spacial score (nSPS) is 10.6. The van der Waals surface area contributed by atoms with E-state index in [0.29, 0.717) is 6.54 Å². The molecule has 0 fully saturated rings. The second-order valence-electron chi connectivity index (χ2n) is 3.96. The standard InChI is InChI=1S/C13H16N2OS/c1-8-4-10(11(16-3)5-9(8)2)12-7-15-13(6-14)17-12/h4-5,7H,6,14H2,1-3H3. The first-order valence-corrected chi connectivity index (χ1v) is 6.27. The van der Waals surface area contributed by atoms with E-state index in [1.807, 2.05) is 6.20 Å². The van der Waals surface area contributed by atoms with Crippen LogP contribution in [0.5, 0.6) is 5.75 Å². The number of aryl methyl sites for hydroxylation is 2. The average molecular weight is 248 g/mol. The largest absolute Gasteiger partial charge is 0.496 e. The number of methoxy groups -OCH3 is 1. The van der Waals surface area contributed by atoms with E-state index in [1.165, 1.54) is 11.1 Å². The molecule has 0 aliphatic rings. The molecular formula is C13H16N2OS. The Balaban J connectivity index is 2.53. The van der Waals surface area contributed by atoms with E-state index in [-0.39, 0.29) is 0 Å². The smallest absolute Gasteiger partial charge is 0.127 e. The Labute approximate surface area is 105 Å². The second-order valence-corrected chi connectivity index (χ2v) is 5.07. The van der Waals surface area contributed by atoms with Crippen LogP contribution >= 0.6 is 11.3 Å². The van der Waals surface area contributed by atoms with Gasteiger partial charge < -0.3 is 10.5 Å². The molecular weight excluding hydrogens is 232 g/mol. The van der Waals surface area contributed by atoms with Crippen molar-refractivity contribution in [3.63, 3.8) is 0 Å². The van der Waals surface area contributed by atoms with Gasteiger partial charge in [0, 0.05) is 18.3 Å². The highest BCUT2D eigenvalue weighted by Crippen LogP contribution is 2.35. The third kappa shape index (κ3) is 2.33. The topological polar surface area (TPSA) is 48.1 Å². The van der Waals surface area contributed by atoms with Crippen molar-refractivity contribution in [1.29, 1.82) is 0 Å². The zero-order chi connectivity index (χ0) is 12.4. The molecule has 0 amide bonds. The lowest BCUT2D eigenvalue weighted by molar-refractivity contribution is 0.416. The Kier molecular flexibility index (Phi) is 3.45. The summed E-state index contributed by atoms with van der Waals surface area (Å²) in [6.07, 6.45) is 1.86. The maximum Gasteiger partial charge on any atom is 0.127 e. The van der Waals surface area contributed by atoms with Crippen LogP contribution in [-0.2, 0) is 6.54 Å². The second kappa shape index (κ2) is 4.85. The molecule has 0 unspecified atom stereocenters. The summed E-state index contributed by atoms with van der Waals surface area (Å²) >= 11 is 1.61. The van der Waals surface area contributed by atoms with Gasteiger partial charge in [0.05, 0.1) is 12.0 Å². The zero-order valence-electron chi connectivity index (χ0n) is 10.3. The maximum absolute atomic E-state index is 5.58. The number of benzene rings is 1. The number of ether oxygens (including phenoxy) is 1. The molecule has 1 aromatic carbocycles. The first-order valence-electron chi connectivity index (χ1n) is 5.46. The lowest BCUT2D eigenvalue weighted by atomic mass is 10.0. The van der Waals surface area contributed by atoms with E-state index in [0.717, 1.165) is 21.2 Å². The monoisotopic (exact) mass is 248 g/mol. The first-order chi connectivity index (χ1) is 8.15. The summed E-state index contributed by atoms with van der Waals surface area (Å²) < 4.78 is 5.43. The molecule has 2 aromatic rings. The van der Waals surface area contributed by atoms with Crippen molar-refractivity contribution in [2.45, 2.75) is 20.4 Å². The van der Waals surface area contributed by atoms with Crippen LogP contribution in [0, 0.1) is 13.8 Å². The molecule has 0 spiro atoms. The van der Waals surface area contributed by atoms with Crippen molar-refractivity contribution < 1.29 is 4.74 Å². The van der Waals surface area contributed by atoms with Gasteiger partial charge in [-0.1, -0.05) is 0 Å². The van der Waals surface area contributed by atoms with Crippen molar-refractivity contribution >= 4 is 11.3 Å². The van der Waals surface area contributed by atoms with E-state index in [4.69, 9.17) is 10.5 Å². The van der Waals surface area contributed by atoms with Crippen LogP contribution in [0.15, 0.2) is 18.3 Å². The van der Waals surface area contributed by atoms with Crippen molar-refractivity contribution in [2.24, 2.45) is 5.73 Å². The molecule has 4 heteroatoms. The van der Waals surface area contributed by atoms with Gasteiger partial charge in [-0.15, -0.1) is 11.3 Å². The Morgan fingerprint density at radius 3 is 2.59 bits per heavy atom. The van der Waals surface area contributed by atoms with Gasteiger partial charge >= 0.3 is 0 Å². The summed E-state index contributed by atoms with van der Waals surface area (Å²) in [5, 5.41) is 0.945. The molecule has 17 heavy (non-hydrogen) atoms. The molecule has 2 N–H and O–H groups in total. The minimum Gasteiger partial charge on any atom is -0.496 e. The number of rotatable bonds is 3. The Hall–Kier alpha value is -1.39. The van der Waals surface area contributed by atoms with Crippen LogP contribution in [0.2, 0.25) is 0 Å². The molecule has 0 aliphatic carbocycles. The molecule has 1 aromatic heterocycles. The van der Waals surface area contributed by atoms with E-state index < -0.39 is 0 Å². The van der Waals surface area contributed by atoms with Gasteiger partial charge in [-0.2, -0.15) is 0 Å². The van der Waals surface area contributed by atoms with Crippen molar-refractivity contribution in [2.75, 3.05) is 7.11 Å². The van der Waals surface area contributed by atoms with Crippen molar-refractivity contribution in [3.8, 4) is 16.2 Å². The Morgan fingerprint density at radius 1 is 1.29 bits per heavy atom. The van der Waals surface area contributed by atoms with Crippen LogP contribution < -0.4 is 10.5 Å². The van der Waals surface area contributed by atoms with E-state index in [2.05, 4.69) is 31.0 Å². The quantitative estimate of drug-likeness (QED) is 0.908. The number of nitrogens with two attached hydrogens (primary N) is 1. The number of thiazole rings is 1. The minimum atomic E-state index is 0.484. The first kappa shape index (κ1) is 12.1. The Bertz CT molecular complexity index is 534. The highest BCUT2D eigenvalue weighted by molar-refractivity contribution is 7.15. The molecule has 0 saturated heterocycles. The van der Waals surface area contributed by atoms with Gasteiger partial charge in [0.1, 0.15) is 10.8 Å². The summed E-state index contributed by atoms with van der Waals surface area (Å²) in [7, 11) is 1.69. The molecule has 0 aliphatic heterocycles. The van der Waals surface area contributed by atoms with Gasteiger partial charge in [0.15, 0.2) is 0 Å². The maximum atomic E-state index is 5.58. The summed E-state index contributed by atoms with van der Waals surface area (Å²) in [6.45, 7) is 4.67. The number of hydrogen-bond acceptors (Lipinski definition) is 4. The minimum absolute atomic E-state index is 0.484. The molecule has 0 radical (unpaired) electrons. The van der Waals surface area contributed by atoms with Crippen LogP contribution in [0.4, 0.5) is 0 Å². The SMILES string of the molecule is COc1cc(C)c(C)cc1-c1cnc(CN)s1. The fourth-order valence-corrected chi connectivity index (χ4v) is 2.50. The summed E-state index contributed by atoms with van der Waals surface area (Å²) in [5.74, 6) is 0.889. The number of nitrogens with zero attached hydrogens (tertiary/aromatic N) is 1. The van der Waals surface area contributed by atoms with Crippen LogP contribution in [0.3, 0.4) is 0 Å². The predicted molar refractivity (Wildman–Crippen MR) is 71.5 cm³/mol. The fraction of sp³-hybridized carbons (Fsp3) is 0.308. The molecule has 0 atom stereocenters. The lowest BCUT2D eigenvalue weighted by Crippen LogP contribution is -1.93. The summed E-state index contributed by atoms with van der Waals surface area (Å²) in [5.41, 5.74) is 9.16. The number of hydrogen-bond donors (Lipinski definition) is 1. The third-order valence-corrected chi connectivity index (χ3v) is 3.86. The summed E-state index contributed by atoms with van der Waals surface area (Å²) in [6, 6.07) is 4.20. The third-order valence-electron chi connectivity index (χ3n) is 2.81. The van der Waals surface area contributed by atoms with Gasteiger partial charge in [-0.05, 0) is 37.1 Å². The van der Waals surface area contributed by atoms with Crippen LogP contribution in [-0.4, -0.2) is 12.1 Å². The molecule has 0 saturated carbocycles. The predicted octanol–water partition coefficient (Wildman–Crippen LogP) is 2.89. The van der Waals surface area contributed by atoms with Crippen LogP contribution in [0.25, 0.3) is 10.4 Å². The molecule has 3 nitrogen and oxygen atoms in total. The van der Waals surface area contributed by atoms with Crippen LogP contribution in [0.1, 0.15) is 16.1 Å². The fourth-order valence-electron chi connectivity index (χ4n) is 1.68. The summed E-state index contributed by atoms with van der Waals surface area (Å²) in [4.78, 5) is 5.38. The average Bonchev–Trinajstić information content (AvgIpc) is 2.80. The highest BCUT2D eigenvalue weighted by atomic mass is 32.1. The van der Waals surface area contributed by atoms with Gasteiger partial charge in [0.25, 0.3) is 0 Å². The Morgan fingerprint density at radius 2 is 2.00 bits per heavy atom. The highest BCUT2D eigenvalue weighted by Gasteiger charge is 2.11. The number of aromatic nitrogens is 1. The molecule has 90 valence electrons. The molecule has 0 bridgehead atoms. The zero-order valence-corrected chi connectivity index (χ0v) is 11.1. The van der Waals surface area contributed by atoms with Crippen molar-refractivity contribution in [3.05, 3.63) is 34.5 Å². The van der Waals surface area contributed by atoms with Gasteiger partial charge in [-0.3, -0.25) is 0 Å². The molecule has 1 heterocycles. The molecule has 2 rings (SSSR count). The van der Waals surface area contributed by atoms with Crippen molar-refractivity contribution in [1.82, 2.24) is 4.98 Å². The van der Waals surface area contributed by atoms with Gasteiger partial charge in [0.2, 0.25) is 0 Å². The van der Waals surface area contributed by atoms with E-state index in [9.17, 15) is 0 Å². The van der Waals surface area contributed by atoms with E-state index in [1.54, 1.807) is 18.4 Å². The van der Waals surface area contributed by atoms with Gasteiger partial charge in [-0.25, -0.2) is 4.98 Å².